The SMILES string of the molecule is Cc1ccc(C(C)C)cc1[N+](=S)c1nc(N)c2ncn([C@@H]3O[C@H](CO)[C@@H](O)[C@H]3O)c2n1. The molecule has 164 valence electrons. The molecule has 1 aromatic carbocycles. The molecule has 2 aromatic heterocycles. The lowest BCUT2D eigenvalue weighted by atomic mass is 10.0. The van der Waals surface area contributed by atoms with Gasteiger partial charge in [-0.15, -0.1) is 3.95 Å². The number of nitrogen functional groups attached to an aromatic ring is 1. The number of aryl methyl sites for hydroxylation is 1. The Bertz CT molecular complexity index is 1150. The summed E-state index contributed by atoms with van der Waals surface area (Å²) in [5.41, 5.74) is 9.58. The first-order valence-corrected chi connectivity index (χ1v) is 10.3. The fourth-order valence-electron chi connectivity index (χ4n) is 3.63. The van der Waals surface area contributed by atoms with Crippen LogP contribution in [0.5, 0.6) is 0 Å². The standard InChI is InChI=1S/C20H25N6O4S/c1-9(2)11-5-4-10(3)12(6-11)26(31)20-23-17(21)14-18(24-20)25(8-22-14)19-16(29)15(28)13(7-27)30-19/h4-6,8-9,13,15-16,19,27-29H,7H2,1-3H3,(H2,21,23,24)/q+1/t13-,15-,16-,19-/m1/s1. The van der Waals surface area contributed by atoms with E-state index in [0.29, 0.717) is 17.1 Å². The van der Waals surface area contributed by atoms with Crippen molar-refractivity contribution in [3.05, 3.63) is 35.7 Å². The molecule has 1 aliphatic heterocycles. The molecule has 0 amide bonds. The van der Waals surface area contributed by atoms with Gasteiger partial charge in [0, 0.05) is 0 Å². The normalized spacial score (nSPS) is 23.7. The number of hydrogen-bond donors (Lipinski definition) is 4. The van der Waals surface area contributed by atoms with Crippen molar-refractivity contribution in [2.45, 2.75) is 51.2 Å². The second-order valence-electron chi connectivity index (χ2n) is 7.96. The highest BCUT2D eigenvalue weighted by Crippen LogP contribution is 2.33. The smallest absolute Gasteiger partial charge is 0.394 e. The Labute approximate surface area is 184 Å². The third-order valence-electron chi connectivity index (χ3n) is 5.53. The Morgan fingerprint density at radius 1 is 1.26 bits per heavy atom. The minimum Gasteiger partial charge on any atom is -0.394 e. The molecule has 4 rings (SSSR count). The van der Waals surface area contributed by atoms with E-state index in [1.165, 1.54) is 14.8 Å². The summed E-state index contributed by atoms with van der Waals surface area (Å²) in [7, 11) is 0. The Hall–Kier alpha value is -2.57. The summed E-state index contributed by atoms with van der Waals surface area (Å²) >= 11 is 5.63. The van der Waals surface area contributed by atoms with Gasteiger partial charge in [0.15, 0.2) is 11.7 Å². The number of rotatable bonds is 5. The van der Waals surface area contributed by atoms with Crippen LogP contribution in [0.2, 0.25) is 0 Å². The van der Waals surface area contributed by atoms with Crippen LogP contribution in [-0.4, -0.2) is 59.8 Å². The van der Waals surface area contributed by atoms with E-state index in [1.54, 1.807) is 0 Å². The first-order valence-electron chi connectivity index (χ1n) is 9.93. The molecule has 1 aliphatic rings. The largest absolute Gasteiger partial charge is 0.453 e. The summed E-state index contributed by atoms with van der Waals surface area (Å²) in [4.78, 5) is 13.1. The predicted octanol–water partition coefficient (Wildman–Crippen LogP) is 1.02. The lowest BCUT2D eigenvalue weighted by Crippen LogP contribution is -2.33. The fourth-order valence-corrected chi connectivity index (χ4v) is 3.90. The number of ether oxygens (including phenoxy) is 1. The summed E-state index contributed by atoms with van der Waals surface area (Å²) in [6.45, 7) is 5.71. The minimum atomic E-state index is -1.28. The van der Waals surface area contributed by atoms with Gasteiger partial charge in [-0.1, -0.05) is 26.0 Å². The zero-order valence-corrected chi connectivity index (χ0v) is 18.2. The number of aliphatic hydroxyl groups excluding tert-OH is 3. The van der Waals surface area contributed by atoms with Gasteiger partial charge in [-0.3, -0.25) is 4.57 Å². The molecule has 0 spiro atoms. The molecule has 0 saturated carbocycles. The number of aliphatic hydroxyl groups is 3. The van der Waals surface area contributed by atoms with Crippen LogP contribution in [-0.2, 0) is 17.2 Å². The zero-order chi connectivity index (χ0) is 22.4. The average Bonchev–Trinajstić information content (AvgIpc) is 3.29. The van der Waals surface area contributed by atoms with Gasteiger partial charge in [-0.05, 0) is 40.0 Å². The van der Waals surface area contributed by atoms with E-state index in [-0.39, 0.29) is 11.8 Å². The number of benzene rings is 1. The van der Waals surface area contributed by atoms with Crippen molar-refractivity contribution in [3.8, 4) is 0 Å². The maximum atomic E-state index is 10.4. The zero-order valence-electron chi connectivity index (χ0n) is 17.4. The molecule has 3 heterocycles. The van der Waals surface area contributed by atoms with Crippen molar-refractivity contribution in [2.75, 3.05) is 12.3 Å². The molecule has 31 heavy (non-hydrogen) atoms. The minimum absolute atomic E-state index is 0.123. The quantitative estimate of drug-likeness (QED) is 0.423. The third kappa shape index (κ3) is 3.68. The molecule has 1 fully saturated rings. The van der Waals surface area contributed by atoms with Crippen molar-refractivity contribution >= 4 is 41.0 Å². The molecular formula is C20H25N6O4S+. The van der Waals surface area contributed by atoms with Crippen molar-refractivity contribution in [3.63, 3.8) is 0 Å². The Kier molecular flexibility index (Phi) is 5.71. The Balaban J connectivity index is 1.79. The average molecular weight is 446 g/mol. The van der Waals surface area contributed by atoms with E-state index < -0.39 is 31.1 Å². The molecule has 0 bridgehead atoms. The molecule has 0 radical (unpaired) electrons. The molecule has 11 heteroatoms. The van der Waals surface area contributed by atoms with Crippen LogP contribution in [0.15, 0.2) is 24.5 Å². The highest BCUT2D eigenvalue weighted by atomic mass is 32.1. The van der Waals surface area contributed by atoms with Crippen LogP contribution in [0.4, 0.5) is 17.5 Å². The van der Waals surface area contributed by atoms with Crippen molar-refractivity contribution < 1.29 is 20.1 Å². The first kappa shape index (κ1) is 21.7. The van der Waals surface area contributed by atoms with Crippen molar-refractivity contribution in [1.29, 1.82) is 0 Å². The van der Waals surface area contributed by atoms with Crippen LogP contribution < -0.4 is 9.68 Å². The van der Waals surface area contributed by atoms with E-state index >= 15 is 0 Å². The van der Waals surface area contributed by atoms with E-state index in [2.05, 4.69) is 34.9 Å². The third-order valence-corrected chi connectivity index (χ3v) is 5.89. The van der Waals surface area contributed by atoms with E-state index in [0.717, 1.165) is 16.8 Å². The second kappa shape index (κ2) is 8.17. The van der Waals surface area contributed by atoms with Crippen LogP contribution >= 0.6 is 0 Å². The number of imidazole rings is 1. The highest BCUT2D eigenvalue weighted by molar-refractivity contribution is 7.47. The van der Waals surface area contributed by atoms with Gasteiger partial charge >= 0.3 is 5.95 Å². The summed E-state index contributed by atoms with van der Waals surface area (Å²) in [5, 5.41) is 29.9. The van der Waals surface area contributed by atoms with Crippen LogP contribution in [0.3, 0.4) is 0 Å². The van der Waals surface area contributed by atoms with Gasteiger partial charge in [0.1, 0.15) is 42.8 Å². The summed E-state index contributed by atoms with van der Waals surface area (Å²) in [5.74, 6) is 0.625. The monoisotopic (exact) mass is 445 g/mol. The first-order chi connectivity index (χ1) is 14.7. The van der Waals surface area contributed by atoms with Crippen molar-refractivity contribution in [2.24, 2.45) is 0 Å². The molecule has 5 N–H and O–H groups in total. The fraction of sp³-hybridized carbons (Fsp3) is 0.450. The summed E-state index contributed by atoms with van der Waals surface area (Å²) in [6, 6.07) is 6.05. The van der Waals surface area contributed by atoms with Crippen molar-refractivity contribution in [1.82, 2.24) is 23.5 Å². The van der Waals surface area contributed by atoms with Gasteiger partial charge in [-0.2, -0.15) is 0 Å². The van der Waals surface area contributed by atoms with Crippen LogP contribution in [0.25, 0.3) is 11.2 Å². The second-order valence-corrected chi connectivity index (χ2v) is 8.32. The number of anilines is 1. The van der Waals surface area contributed by atoms with Gasteiger partial charge in [0.05, 0.1) is 6.61 Å². The van der Waals surface area contributed by atoms with Crippen LogP contribution in [0, 0.1) is 6.92 Å². The van der Waals surface area contributed by atoms with Crippen LogP contribution in [0.1, 0.15) is 37.1 Å². The van der Waals surface area contributed by atoms with Gasteiger partial charge < -0.3 is 25.8 Å². The predicted molar refractivity (Wildman–Crippen MR) is 117 cm³/mol. The number of nitrogens with two attached hydrogens (primary N) is 1. The molecule has 0 unspecified atom stereocenters. The van der Waals surface area contributed by atoms with Gasteiger partial charge in [0.25, 0.3) is 0 Å². The number of aromatic nitrogens is 4. The molecule has 0 aliphatic carbocycles. The molecular weight excluding hydrogens is 420 g/mol. The number of hydrogen-bond acceptors (Lipinski definition) is 9. The Morgan fingerprint density at radius 2 is 2.00 bits per heavy atom. The topological polar surface area (TPSA) is 143 Å². The van der Waals surface area contributed by atoms with E-state index in [1.807, 2.05) is 19.1 Å². The lowest BCUT2D eigenvalue weighted by molar-refractivity contribution is -0.0511. The lowest BCUT2D eigenvalue weighted by Gasteiger charge is -2.15. The molecule has 3 aromatic rings. The van der Waals surface area contributed by atoms with Gasteiger partial charge in [-0.25, -0.2) is 4.98 Å². The Morgan fingerprint density at radius 3 is 2.65 bits per heavy atom. The van der Waals surface area contributed by atoms with E-state index in [4.69, 9.17) is 22.9 Å². The maximum Gasteiger partial charge on any atom is 0.453 e. The molecule has 10 nitrogen and oxygen atoms in total. The number of fused-ring (bicyclic) bond motifs is 1. The highest BCUT2D eigenvalue weighted by Gasteiger charge is 2.44. The molecule has 4 atom stereocenters. The summed E-state index contributed by atoms with van der Waals surface area (Å²) in [6.07, 6.45) is -3.04. The maximum absolute atomic E-state index is 10.4. The molecule has 1 saturated heterocycles. The van der Waals surface area contributed by atoms with E-state index in [9.17, 15) is 15.3 Å². The van der Waals surface area contributed by atoms with Gasteiger partial charge in [0.2, 0.25) is 11.5 Å². The number of nitrogens with zero attached hydrogens (tertiary/aromatic N) is 5. The summed E-state index contributed by atoms with van der Waals surface area (Å²) < 4.78 is 8.50.